The molecule has 0 heterocycles. The van der Waals surface area contributed by atoms with Gasteiger partial charge in [0.2, 0.25) is 5.91 Å². The molecule has 104 valence electrons. The molecule has 0 spiro atoms. The van der Waals surface area contributed by atoms with Crippen LogP contribution >= 0.6 is 0 Å². The second-order valence-corrected chi connectivity index (χ2v) is 4.16. The molecule has 0 saturated heterocycles. The van der Waals surface area contributed by atoms with Gasteiger partial charge in [-0.15, -0.1) is 0 Å². The number of likely N-dealkylation sites (N-methyl/N-ethyl adjacent to an activating group) is 2. The van der Waals surface area contributed by atoms with Crippen molar-refractivity contribution in [3.05, 3.63) is 23.8 Å². The molecule has 0 aliphatic rings. The molecule has 0 bridgehead atoms. The van der Waals surface area contributed by atoms with Gasteiger partial charge >= 0.3 is 0 Å². The second-order valence-electron chi connectivity index (χ2n) is 4.16. The molecule has 19 heavy (non-hydrogen) atoms. The van der Waals surface area contributed by atoms with E-state index in [1.165, 1.54) is 0 Å². The monoisotopic (exact) mass is 264 g/mol. The highest BCUT2D eigenvalue weighted by atomic mass is 16.2. The van der Waals surface area contributed by atoms with E-state index in [9.17, 15) is 9.59 Å². The fraction of sp³-hybridized carbons (Fsp3) is 0.385. The third-order valence-electron chi connectivity index (χ3n) is 2.70. The molecule has 1 aromatic carbocycles. The van der Waals surface area contributed by atoms with E-state index in [0.29, 0.717) is 17.8 Å². The number of carbonyl (C=O) groups excluding carboxylic acids is 2. The third-order valence-corrected chi connectivity index (χ3v) is 2.70. The van der Waals surface area contributed by atoms with Gasteiger partial charge in [-0.1, -0.05) is 0 Å². The summed E-state index contributed by atoms with van der Waals surface area (Å²) < 4.78 is 0. The van der Waals surface area contributed by atoms with Crippen LogP contribution in [0.2, 0.25) is 0 Å². The molecule has 4 N–H and O–H groups in total. The van der Waals surface area contributed by atoms with E-state index in [1.54, 1.807) is 37.2 Å². The van der Waals surface area contributed by atoms with Crippen LogP contribution in [0.15, 0.2) is 18.2 Å². The topological polar surface area (TPSA) is 87.5 Å². The van der Waals surface area contributed by atoms with Crippen LogP contribution in [0.5, 0.6) is 0 Å². The first-order valence-electron chi connectivity index (χ1n) is 6.09. The second kappa shape index (κ2) is 6.63. The molecule has 6 nitrogen and oxygen atoms in total. The number of rotatable bonds is 5. The number of nitrogens with zero attached hydrogens (tertiary/aromatic N) is 1. The lowest BCUT2D eigenvalue weighted by atomic mass is 10.1. The summed E-state index contributed by atoms with van der Waals surface area (Å²) in [7, 11) is 3.35. The number of hydrogen-bond donors (Lipinski definition) is 3. The lowest BCUT2D eigenvalue weighted by molar-refractivity contribution is -0.119. The Labute approximate surface area is 113 Å². The zero-order valence-electron chi connectivity index (χ0n) is 11.5. The van der Waals surface area contributed by atoms with E-state index in [1.807, 2.05) is 6.92 Å². The minimum atomic E-state index is -0.158. The maximum absolute atomic E-state index is 11.7. The van der Waals surface area contributed by atoms with Crippen LogP contribution in [0, 0.1) is 0 Å². The maximum Gasteiger partial charge on any atom is 0.251 e. The lowest BCUT2D eigenvalue weighted by Crippen LogP contribution is -2.33. The zero-order chi connectivity index (χ0) is 14.4. The summed E-state index contributed by atoms with van der Waals surface area (Å²) in [6.07, 6.45) is 0. The fourth-order valence-corrected chi connectivity index (χ4v) is 1.69. The molecule has 0 atom stereocenters. The SMILES string of the molecule is CCNC(=O)c1ccc(N(C)CC(=O)NC)c(N)c1. The van der Waals surface area contributed by atoms with Crippen LogP contribution in [0.25, 0.3) is 0 Å². The number of carbonyl (C=O) groups is 2. The smallest absolute Gasteiger partial charge is 0.251 e. The van der Waals surface area contributed by atoms with Gasteiger partial charge in [0, 0.05) is 26.2 Å². The van der Waals surface area contributed by atoms with Crippen molar-refractivity contribution in [2.45, 2.75) is 6.92 Å². The largest absolute Gasteiger partial charge is 0.397 e. The van der Waals surface area contributed by atoms with Gasteiger partial charge in [0.15, 0.2) is 0 Å². The summed E-state index contributed by atoms with van der Waals surface area (Å²) in [5.74, 6) is -0.260. The average molecular weight is 264 g/mol. The van der Waals surface area contributed by atoms with Crippen molar-refractivity contribution in [1.82, 2.24) is 10.6 Å². The zero-order valence-corrected chi connectivity index (χ0v) is 11.5. The molecular formula is C13H20N4O2. The quantitative estimate of drug-likeness (QED) is 0.663. The standard InChI is InChI=1S/C13H20N4O2/c1-4-16-13(19)9-5-6-11(10(14)7-9)17(3)8-12(18)15-2/h5-7H,4,8,14H2,1-3H3,(H,15,18)(H,16,19). The Morgan fingerprint density at radius 1 is 1.37 bits per heavy atom. The van der Waals surface area contributed by atoms with Gasteiger partial charge in [-0.05, 0) is 25.1 Å². The van der Waals surface area contributed by atoms with E-state index in [-0.39, 0.29) is 18.4 Å². The van der Waals surface area contributed by atoms with Gasteiger partial charge in [-0.25, -0.2) is 0 Å². The van der Waals surface area contributed by atoms with E-state index in [4.69, 9.17) is 5.73 Å². The predicted molar refractivity (Wildman–Crippen MR) is 76.2 cm³/mol. The summed E-state index contributed by atoms with van der Waals surface area (Å²) in [6.45, 7) is 2.63. The molecule has 6 heteroatoms. The van der Waals surface area contributed by atoms with Crippen LogP contribution in [-0.2, 0) is 4.79 Å². The van der Waals surface area contributed by atoms with Gasteiger partial charge < -0.3 is 21.3 Å². The summed E-state index contributed by atoms with van der Waals surface area (Å²) in [5, 5.41) is 5.25. The maximum atomic E-state index is 11.7. The van der Waals surface area contributed by atoms with Crippen molar-refractivity contribution in [2.75, 3.05) is 37.8 Å². The average Bonchev–Trinajstić information content (AvgIpc) is 2.38. The van der Waals surface area contributed by atoms with Gasteiger partial charge in [0.1, 0.15) is 0 Å². The molecule has 2 amide bonds. The number of amides is 2. The van der Waals surface area contributed by atoms with Crippen LogP contribution in [-0.4, -0.2) is 39.0 Å². The predicted octanol–water partition coefficient (Wildman–Crippen LogP) is 0.201. The summed E-state index contributed by atoms with van der Waals surface area (Å²) in [6, 6.07) is 5.04. The highest BCUT2D eigenvalue weighted by Gasteiger charge is 2.11. The summed E-state index contributed by atoms with van der Waals surface area (Å²) in [4.78, 5) is 24.7. The Balaban J connectivity index is 2.88. The number of anilines is 2. The Morgan fingerprint density at radius 2 is 2.05 bits per heavy atom. The first kappa shape index (κ1) is 14.8. The molecule has 0 aliphatic carbocycles. The molecular weight excluding hydrogens is 244 g/mol. The van der Waals surface area contributed by atoms with Crippen LogP contribution in [0.1, 0.15) is 17.3 Å². The number of nitrogens with one attached hydrogen (secondary N) is 2. The summed E-state index contributed by atoms with van der Waals surface area (Å²) >= 11 is 0. The Kier molecular flexibility index (Phi) is 5.17. The minimum Gasteiger partial charge on any atom is -0.397 e. The van der Waals surface area contributed by atoms with E-state index >= 15 is 0 Å². The van der Waals surface area contributed by atoms with Crippen LogP contribution in [0.4, 0.5) is 11.4 Å². The lowest BCUT2D eigenvalue weighted by Gasteiger charge is -2.20. The first-order chi connectivity index (χ1) is 8.99. The Morgan fingerprint density at radius 3 is 2.58 bits per heavy atom. The molecule has 0 aromatic heterocycles. The highest BCUT2D eigenvalue weighted by Crippen LogP contribution is 2.23. The van der Waals surface area contributed by atoms with E-state index < -0.39 is 0 Å². The van der Waals surface area contributed by atoms with Crippen LogP contribution < -0.4 is 21.3 Å². The van der Waals surface area contributed by atoms with Crippen molar-refractivity contribution in [1.29, 1.82) is 0 Å². The summed E-state index contributed by atoms with van der Waals surface area (Å²) in [5.41, 5.74) is 7.62. The number of benzene rings is 1. The van der Waals surface area contributed by atoms with Gasteiger partial charge in [-0.3, -0.25) is 9.59 Å². The van der Waals surface area contributed by atoms with Gasteiger partial charge in [0.05, 0.1) is 17.9 Å². The molecule has 0 saturated carbocycles. The van der Waals surface area contributed by atoms with Gasteiger partial charge in [0.25, 0.3) is 5.91 Å². The highest BCUT2D eigenvalue weighted by molar-refractivity contribution is 5.96. The first-order valence-corrected chi connectivity index (χ1v) is 6.09. The minimum absolute atomic E-state index is 0.102. The van der Waals surface area contributed by atoms with E-state index in [2.05, 4.69) is 10.6 Å². The van der Waals surface area contributed by atoms with Crippen molar-refractivity contribution in [3.8, 4) is 0 Å². The number of nitrogen functional groups attached to an aromatic ring is 1. The van der Waals surface area contributed by atoms with Crippen molar-refractivity contribution >= 4 is 23.2 Å². The Bertz CT molecular complexity index is 474. The molecule has 0 unspecified atom stereocenters. The normalized spacial score (nSPS) is 9.84. The number of nitrogens with two attached hydrogens (primary N) is 1. The number of hydrogen-bond acceptors (Lipinski definition) is 4. The fourth-order valence-electron chi connectivity index (χ4n) is 1.69. The molecule has 1 rings (SSSR count). The van der Waals surface area contributed by atoms with E-state index in [0.717, 1.165) is 5.69 Å². The van der Waals surface area contributed by atoms with Crippen molar-refractivity contribution in [2.24, 2.45) is 0 Å². The molecule has 0 aliphatic heterocycles. The molecule has 0 radical (unpaired) electrons. The third kappa shape index (κ3) is 3.87. The Hall–Kier alpha value is -2.24. The van der Waals surface area contributed by atoms with Crippen LogP contribution in [0.3, 0.4) is 0 Å². The van der Waals surface area contributed by atoms with Crippen molar-refractivity contribution in [3.63, 3.8) is 0 Å². The molecule has 0 fully saturated rings. The van der Waals surface area contributed by atoms with Crippen molar-refractivity contribution < 1.29 is 9.59 Å². The van der Waals surface area contributed by atoms with Gasteiger partial charge in [-0.2, -0.15) is 0 Å². The molecule has 1 aromatic rings.